The Kier molecular flexibility index (Phi) is 4.27. The van der Waals surface area contributed by atoms with Crippen LogP contribution in [0.5, 0.6) is 0 Å². The van der Waals surface area contributed by atoms with Crippen LogP contribution in [0.4, 0.5) is 26.3 Å². The molecule has 0 aromatic carbocycles. The van der Waals surface area contributed by atoms with Crippen molar-refractivity contribution in [2.45, 2.75) is 10.5 Å². The van der Waals surface area contributed by atoms with Gasteiger partial charge < -0.3 is 0 Å². The first kappa shape index (κ1) is 11.1. The zero-order chi connectivity index (χ0) is 9.07. The molecular weight excluding hydrogens is 235 g/mol. The van der Waals surface area contributed by atoms with Gasteiger partial charge in [0.15, 0.2) is 0 Å². The average Bonchev–Trinajstić information content (AvgIpc) is 1.90. The van der Waals surface area contributed by atoms with Crippen molar-refractivity contribution in [1.29, 1.82) is 0 Å². The van der Waals surface area contributed by atoms with Crippen molar-refractivity contribution in [3.05, 3.63) is 0 Å². The molecule has 0 unspecified atom stereocenters. The molecule has 0 aromatic rings. The van der Waals surface area contributed by atoms with E-state index >= 15 is 0 Å². The van der Waals surface area contributed by atoms with Crippen LogP contribution in [0.3, 0.4) is 0 Å². The monoisotopic (exact) mass is 242 g/mol. The third-order valence-electron chi connectivity index (χ3n) is 1.37. The van der Waals surface area contributed by atoms with Gasteiger partial charge in [0.2, 0.25) is 0 Å². The van der Waals surface area contributed by atoms with Crippen molar-refractivity contribution >= 4 is 13.3 Å². The molecule has 0 aliphatic heterocycles. The molecule has 0 spiro atoms. The topological polar surface area (TPSA) is 0 Å². The fourth-order valence-corrected chi connectivity index (χ4v) is 1.89. The SMILES string of the molecule is F[CH2][Ge]([CH2]F)([CH](F)F)[CH](F)F. The van der Waals surface area contributed by atoms with Crippen molar-refractivity contribution in [3.8, 4) is 0 Å². The van der Waals surface area contributed by atoms with Crippen LogP contribution < -0.4 is 0 Å². The first-order valence-electron chi connectivity index (χ1n) is 2.69. The van der Waals surface area contributed by atoms with E-state index in [2.05, 4.69) is 0 Å². The predicted octanol–water partition coefficient (Wildman–Crippen LogP) is 2.06. The van der Waals surface area contributed by atoms with E-state index in [-0.39, 0.29) is 0 Å². The van der Waals surface area contributed by atoms with E-state index in [9.17, 15) is 26.3 Å². The second kappa shape index (κ2) is 4.22. The van der Waals surface area contributed by atoms with Crippen LogP contribution in [0.1, 0.15) is 0 Å². The summed E-state index contributed by atoms with van der Waals surface area (Å²) in [4.78, 5) is 0. The standard InChI is InChI=1S/C4H6F6Ge/c5-1-11(2-6,3(7)8)4(9)10/h3-4H,1-2H2. The summed E-state index contributed by atoms with van der Waals surface area (Å²) in [5, 5.41) is -6.99. The van der Waals surface area contributed by atoms with E-state index in [1.54, 1.807) is 0 Å². The molecule has 0 aliphatic carbocycles. The van der Waals surface area contributed by atoms with Gasteiger partial charge in [-0.25, -0.2) is 0 Å². The molecule has 0 rings (SSSR count). The minimum absolute atomic E-state index is 1.87. The van der Waals surface area contributed by atoms with E-state index in [4.69, 9.17) is 0 Å². The summed E-state index contributed by atoms with van der Waals surface area (Å²) in [5.74, 6) is 0. The first-order valence-corrected chi connectivity index (χ1v) is 8.08. The molecule has 0 aromatic heterocycles. The van der Waals surface area contributed by atoms with Crippen molar-refractivity contribution in [3.63, 3.8) is 0 Å². The Morgan fingerprint density at radius 3 is 1.09 bits per heavy atom. The van der Waals surface area contributed by atoms with Crippen molar-refractivity contribution in [1.82, 2.24) is 0 Å². The Hall–Kier alpha value is 0.123. The quantitative estimate of drug-likeness (QED) is 0.521. The van der Waals surface area contributed by atoms with Crippen LogP contribution >= 0.6 is 0 Å². The van der Waals surface area contributed by atoms with Crippen LogP contribution in [0.25, 0.3) is 0 Å². The van der Waals surface area contributed by atoms with Gasteiger partial charge in [0.1, 0.15) is 0 Å². The molecule has 0 fully saturated rings. The third-order valence-corrected chi connectivity index (χ3v) is 7.10. The van der Waals surface area contributed by atoms with E-state index in [0.29, 0.717) is 0 Å². The molecule has 0 nitrogen and oxygen atoms in total. The molecular formula is C4H6F6Ge. The summed E-state index contributed by atoms with van der Waals surface area (Å²) < 4.78 is 70.3. The van der Waals surface area contributed by atoms with Crippen molar-refractivity contribution in [2.24, 2.45) is 0 Å². The molecule has 0 saturated carbocycles. The van der Waals surface area contributed by atoms with E-state index < -0.39 is 34.8 Å². The van der Waals surface area contributed by atoms with Crippen LogP contribution in [0, 0.1) is 0 Å². The molecule has 0 bridgehead atoms. The van der Waals surface area contributed by atoms with Gasteiger partial charge >= 0.3 is 61.1 Å². The van der Waals surface area contributed by atoms with Gasteiger partial charge in [0.05, 0.1) is 0 Å². The molecule has 0 radical (unpaired) electrons. The summed E-state index contributed by atoms with van der Waals surface area (Å²) in [6.45, 7) is 0. The number of hydrogen-bond acceptors (Lipinski definition) is 0. The van der Waals surface area contributed by atoms with Gasteiger partial charge in [0, 0.05) is 0 Å². The van der Waals surface area contributed by atoms with Gasteiger partial charge in [-0.3, -0.25) is 0 Å². The Bertz CT molecular complexity index is 101. The van der Waals surface area contributed by atoms with Crippen molar-refractivity contribution in [2.75, 3.05) is 11.0 Å². The first-order chi connectivity index (χ1) is 5.01. The van der Waals surface area contributed by atoms with E-state index in [0.717, 1.165) is 0 Å². The van der Waals surface area contributed by atoms with Gasteiger partial charge in [-0.15, -0.1) is 0 Å². The summed E-state index contributed by atoms with van der Waals surface area (Å²) in [7, 11) is 0. The second-order valence-corrected chi connectivity index (χ2v) is 10.2. The zero-order valence-corrected chi connectivity index (χ0v) is 7.43. The van der Waals surface area contributed by atoms with Crippen LogP contribution in [0.2, 0.25) is 0 Å². The van der Waals surface area contributed by atoms with Gasteiger partial charge in [-0.1, -0.05) is 0 Å². The fraction of sp³-hybridized carbons (Fsp3) is 1.00. The van der Waals surface area contributed by atoms with Crippen LogP contribution in [-0.2, 0) is 0 Å². The predicted molar refractivity (Wildman–Crippen MR) is 29.7 cm³/mol. The Balaban J connectivity index is 4.46. The number of alkyl halides is 6. The zero-order valence-electron chi connectivity index (χ0n) is 5.34. The van der Waals surface area contributed by atoms with Crippen molar-refractivity contribution < 1.29 is 26.3 Å². The molecule has 7 heteroatoms. The Labute approximate surface area is 61.9 Å². The molecule has 0 saturated heterocycles. The van der Waals surface area contributed by atoms with Gasteiger partial charge in [-0.05, 0) is 0 Å². The van der Waals surface area contributed by atoms with E-state index in [1.165, 1.54) is 0 Å². The third kappa shape index (κ3) is 2.03. The summed E-state index contributed by atoms with van der Waals surface area (Å²) in [5.41, 5.74) is -3.74. The van der Waals surface area contributed by atoms with Gasteiger partial charge in [-0.2, -0.15) is 0 Å². The molecule has 11 heavy (non-hydrogen) atoms. The summed E-state index contributed by atoms with van der Waals surface area (Å²) in [6.07, 6.45) is 0. The number of hydrogen-bond donors (Lipinski definition) is 0. The number of rotatable bonds is 4. The maximum absolute atomic E-state index is 11.7. The second-order valence-electron chi connectivity index (χ2n) is 2.10. The summed E-state index contributed by atoms with van der Waals surface area (Å²) in [6, 6.07) is 0. The minimum atomic E-state index is -5.42. The molecule has 0 N–H and O–H groups in total. The fourth-order valence-electron chi connectivity index (χ4n) is 0.364. The molecule has 0 amide bonds. The molecule has 68 valence electrons. The summed E-state index contributed by atoms with van der Waals surface area (Å²) >= 11 is -5.42. The van der Waals surface area contributed by atoms with Crippen LogP contribution in [0.15, 0.2) is 0 Å². The number of halogens is 6. The maximum atomic E-state index is 11.7. The van der Waals surface area contributed by atoms with Gasteiger partial charge in [0.25, 0.3) is 0 Å². The Morgan fingerprint density at radius 2 is 1.09 bits per heavy atom. The molecule has 0 heterocycles. The normalized spacial score (nSPS) is 13.1. The Morgan fingerprint density at radius 1 is 0.818 bits per heavy atom. The average molecular weight is 241 g/mol. The molecule has 0 aliphatic rings. The van der Waals surface area contributed by atoms with E-state index in [1.807, 2.05) is 0 Å². The van der Waals surface area contributed by atoms with Crippen LogP contribution in [-0.4, -0.2) is 34.8 Å². The molecule has 0 atom stereocenters.